The van der Waals surface area contributed by atoms with E-state index in [0.29, 0.717) is 6.61 Å². The summed E-state index contributed by atoms with van der Waals surface area (Å²) in [5.74, 6) is -0.0920. The van der Waals surface area contributed by atoms with Gasteiger partial charge in [-0.25, -0.2) is 4.39 Å². The largest absolute Gasteiger partial charge is 0.383 e. The van der Waals surface area contributed by atoms with E-state index in [1.165, 1.54) is 0 Å². The summed E-state index contributed by atoms with van der Waals surface area (Å²) in [6.45, 7) is 6.82. The lowest BCUT2D eigenvalue weighted by Gasteiger charge is -2.32. The lowest BCUT2D eigenvalue weighted by Crippen LogP contribution is -2.37. The normalized spacial score (nSPS) is 11.8. The van der Waals surface area contributed by atoms with E-state index in [9.17, 15) is 4.39 Å². The fourth-order valence-corrected chi connectivity index (χ4v) is 2.39. The molecule has 0 spiro atoms. The smallest absolute Gasteiger partial charge is 0.126 e. The van der Waals surface area contributed by atoms with E-state index in [0.717, 1.165) is 37.9 Å². The molecule has 1 aromatic carbocycles. The van der Waals surface area contributed by atoms with Gasteiger partial charge in [0.1, 0.15) is 5.82 Å². The Kier molecular flexibility index (Phi) is 7.03. The van der Waals surface area contributed by atoms with Gasteiger partial charge >= 0.3 is 0 Å². The van der Waals surface area contributed by atoms with Crippen LogP contribution in [0.15, 0.2) is 24.3 Å². The molecule has 0 amide bonds. The van der Waals surface area contributed by atoms with Gasteiger partial charge in [-0.1, -0.05) is 32.0 Å². The maximum absolute atomic E-state index is 13.8. The van der Waals surface area contributed by atoms with E-state index >= 15 is 0 Å². The van der Waals surface area contributed by atoms with Crippen molar-refractivity contribution in [2.45, 2.75) is 33.1 Å². The number of rotatable bonds is 9. The van der Waals surface area contributed by atoms with Crippen molar-refractivity contribution in [2.75, 3.05) is 26.8 Å². The molecule has 0 atom stereocenters. The zero-order chi connectivity index (χ0) is 14.1. The van der Waals surface area contributed by atoms with Crippen molar-refractivity contribution in [2.24, 2.45) is 5.41 Å². The Morgan fingerprint density at radius 2 is 1.89 bits per heavy atom. The fraction of sp³-hybridized carbons (Fsp3) is 0.625. The standard InChI is InChI=1S/C16H26FNO/c1-4-16(5-2,13-18-10-11-19-3)12-14-8-6-7-9-15(14)17/h6-9,18H,4-5,10-13H2,1-3H3. The maximum atomic E-state index is 13.8. The number of benzene rings is 1. The lowest BCUT2D eigenvalue weighted by atomic mass is 9.76. The fourth-order valence-electron chi connectivity index (χ4n) is 2.39. The molecular weight excluding hydrogens is 241 g/mol. The second-order valence-corrected chi connectivity index (χ2v) is 5.14. The third-order valence-corrected chi connectivity index (χ3v) is 4.01. The van der Waals surface area contributed by atoms with Crippen molar-refractivity contribution in [1.29, 1.82) is 0 Å². The van der Waals surface area contributed by atoms with Gasteiger partial charge in [-0.15, -0.1) is 0 Å². The van der Waals surface area contributed by atoms with E-state index < -0.39 is 0 Å². The molecule has 0 aliphatic carbocycles. The Bertz CT molecular complexity index is 364. The van der Waals surface area contributed by atoms with E-state index in [4.69, 9.17) is 4.74 Å². The number of hydrogen-bond acceptors (Lipinski definition) is 2. The molecule has 0 unspecified atom stereocenters. The minimum Gasteiger partial charge on any atom is -0.383 e. The second kappa shape index (κ2) is 8.28. The molecular formula is C16H26FNO. The zero-order valence-electron chi connectivity index (χ0n) is 12.3. The number of nitrogens with one attached hydrogen (secondary N) is 1. The van der Waals surface area contributed by atoms with Crippen LogP contribution in [-0.4, -0.2) is 26.8 Å². The molecule has 1 N–H and O–H groups in total. The van der Waals surface area contributed by atoms with Crippen LogP contribution in [0.5, 0.6) is 0 Å². The summed E-state index contributed by atoms with van der Waals surface area (Å²) in [5.41, 5.74) is 0.940. The van der Waals surface area contributed by atoms with Crippen LogP contribution >= 0.6 is 0 Å². The summed E-state index contributed by atoms with van der Waals surface area (Å²) in [4.78, 5) is 0. The van der Waals surface area contributed by atoms with Crippen LogP contribution < -0.4 is 5.32 Å². The summed E-state index contributed by atoms with van der Waals surface area (Å²) in [7, 11) is 1.70. The summed E-state index contributed by atoms with van der Waals surface area (Å²) in [6.07, 6.45) is 2.86. The SMILES string of the molecule is CCC(CC)(CNCCOC)Cc1ccccc1F. The molecule has 0 saturated heterocycles. The average molecular weight is 267 g/mol. The van der Waals surface area contributed by atoms with Crippen LogP contribution in [-0.2, 0) is 11.2 Å². The molecule has 3 heteroatoms. The first-order chi connectivity index (χ1) is 9.17. The molecule has 0 aliphatic heterocycles. The van der Waals surface area contributed by atoms with Crippen LogP contribution in [0.4, 0.5) is 4.39 Å². The van der Waals surface area contributed by atoms with Gasteiger partial charge in [-0.05, 0) is 36.3 Å². The summed E-state index contributed by atoms with van der Waals surface area (Å²) < 4.78 is 18.8. The number of methoxy groups -OCH3 is 1. The van der Waals surface area contributed by atoms with Crippen molar-refractivity contribution >= 4 is 0 Å². The van der Waals surface area contributed by atoms with Crippen LogP contribution in [0, 0.1) is 11.2 Å². The minimum atomic E-state index is -0.0920. The number of ether oxygens (including phenoxy) is 1. The Morgan fingerprint density at radius 3 is 2.47 bits per heavy atom. The van der Waals surface area contributed by atoms with Crippen LogP contribution in [0.3, 0.4) is 0 Å². The van der Waals surface area contributed by atoms with Crippen molar-refractivity contribution in [3.8, 4) is 0 Å². The zero-order valence-corrected chi connectivity index (χ0v) is 12.3. The molecule has 0 saturated carbocycles. The van der Waals surface area contributed by atoms with Crippen LogP contribution in [0.25, 0.3) is 0 Å². The third-order valence-electron chi connectivity index (χ3n) is 4.01. The summed E-state index contributed by atoms with van der Waals surface area (Å²) in [5, 5.41) is 3.42. The quantitative estimate of drug-likeness (QED) is 0.692. The lowest BCUT2D eigenvalue weighted by molar-refractivity contribution is 0.185. The molecule has 19 heavy (non-hydrogen) atoms. The van der Waals surface area contributed by atoms with Gasteiger partial charge in [0, 0.05) is 20.2 Å². The number of halogens is 1. The minimum absolute atomic E-state index is 0.0920. The second-order valence-electron chi connectivity index (χ2n) is 5.14. The number of hydrogen-bond donors (Lipinski definition) is 1. The topological polar surface area (TPSA) is 21.3 Å². The van der Waals surface area contributed by atoms with Crippen molar-refractivity contribution < 1.29 is 9.13 Å². The van der Waals surface area contributed by atoms with E-state index in [2.05, 4.69) is 19.2 Å². The molecule has 0 aliphatic rings. The highest BCUT2D eigenvalue weighted by atomic mass is 19.1. The first-order valence-electron chi connectivity index (χ1n) is 7.10. The molecule has 2 nitrogen and oxygen atoms in total. The van der Waals surface area contributed by atoms with Gasteiger partial charge < -0.3 is 10.1 Å². The van der Waals surface area contributed by atoms with Crippen molar-refractivity contribution in [1.82, 2.24) is 5.32 Å². The molecule has 1 aromatic rings. The summed E-state index contributed by atoms with van der Waals surface area (Å²) in [6, 6.07) is 7.09. The predicted molar refractivity (Wildman–Crippen MR) is 77.9 cm³/mol. The maximum Gasteiger partial charge on any atom is 0.126 e. The predicted octanol–water partition coefficient (Wildman–Crippen LogP) is 3.41. The highest BCUT2D eigenvalue weighted by molar-refractivity contribution is 5.19. The molecule has 1 rings (SSSR count). The summed E-state index contributed by atoms with van der Waals surface area (Å²) >= 11 is 0. The van der Waals surface area contributed by atoms with Gasteiger partial charge in [0.2, 0.25) is 0 Å². The van der Waals surface area contributed by atoms with Gasteiger partial charge in [0.25, 0.3) is 0 Å². The molecule has 0 aromatic heterocycles. The molecule has 0 fully saturated rings. The Balaban J connectivity index is 2.67. The molecule has 0 heterocycles. The highest BCUT2D eigenvalue weighted by Gasteiger charge is 2.27. The van der Waals surface area contributed by atoms with Crippen molar-refractivity contribution in [3.05, 3.63) is 35.6 Å². The van der Waals surface area contributed by atoms with E-state index in [1.807, 2.05) is 12.1 Å². The Morgan fingerprint density at radius 1 is 1.21 bits per heavy atom. The van der Waals surface area contributed by atoms with E-state index in [1.54, 1.807) is 19.2 Å². The highest BCUT2D eigenvalue weighted by Crippen LogP contribution is 2.31. The average Bonchev–Trinajstić information content (AvgIpc) is 2.44. The van der Waals surface area contributed by atoms with Gasteiger partial charge in [0.05, 0.1) is 6.61 Å². The van der Waals surface area contributed by atoms with Crippen molar-refractivity contribution in [3.63, 3.8) is 0 Å². The first-order valence-corrected chi connectivity index (χ1v) is 7.10. The monoisotopic (exact) mass is 267 g/mol. The van der Waals surface area contributed by atoms with Crippen LogP contribution in [0.2, 0.25) is 0 Å². The van der Waals surface area contributed by atoms with Gasteiger partial charge in [-0.2, -0.15) is 0 Å². The van der Waals surface area contributed by atoms with Gasteiger partial charge in [-0.3, -0.25) is 0 Å². The third kappa shape index (κ3) is 4.92. The Hall–Kier alpha value is -0.930. The Labute approximate surface area is 116 Å². The van der Waals surface area contributed by atoms with E-state index in [-0.39, 0.29) is 11.2 Å². The van der Waals surface area contributed by atoms with Crippen LogP contribution in [0.1, 0.15) is 32.3 Å². The first kappa shape index (κ1) is 16.1. The molecule has 0 radical (unpaired) electrons. The molecule has 0 bridgehead atoms. The van der Waals surface area contributed by atoms with Gasteiger partial charge in [0.15, 0.2) is 0 Å². The molecule has 108 valence electrons.